The standard InChI is InChI=1S/C4H5BrN2O2/c1-2-3(8)7(5)4(9)6-2/h2H,1H3,(H,6,9). The number of carbonyl (C=O) groups is 2. The van der Waals surface area contributed by atoms with Gasteiger partial charge < -0.3 is 5.32 Å². The molecular weight excluding hydrogens is 188 g/mol. The van der Waals surface area contributed by atoms with Gasteiger partial charge in [-0.3, -0.25) is 4.79 Å². The second-order valence-electron chi connectivity index (χ2n) is 1.79. The zero-order valence-electron chi connectivity index (χ0n) is 4.72. The Bertz CT molecular complexity index is 170. The molecule has 1 aliphatic heterocycles. The molecule has 1 aliphatic rings. The summed E-state index contributed by atoms with van der Waals surface area (Å²) in [6.07, 6.45) is 0. The van der Waals surface area contributed by atoms with Gasteiger partial charge in [0.15, 0.2) is 0 Å². The molecule has 0 spiro atoms. The lowest BCUT2D eigenvalue weighted by atomic mass is 10.4. The van der Waals surface area contributed by atoms with Crippen LogP contribution in [0.25, 0.3) is 0 Å². The quantitative estimate of drug-likeness (QED) is 0.442. The summed E-state index contributed by atoms with van der Waals surface area (Å²) in [5, 5.41) is 2.41. The third-order valence-electron chi connectivity index (χ3n) is 1.08. The van der Waals surface area contributed by atoms with E-state index in [9.17, 15) is 9.59 Å². The number of hydrogen-bond donors (Lipinski definition) is 1. The lowest BCUT2D eigenvalue weighted by Gasteiger charge is -1.96. The Morgan fingerprint density at radius 2 is 2.22 bits per heavy atom. The SMILES string of the molecule is CC1NC(=O)N(Br)C1=O. The molecule has 3 amide bonds. The number of rotatable bonds is 0. The molecule has 1 heterocycles. The summed E-state index contributed by atoms with van der Waals surface area (Å²) in [4.78, 5) is 21.3. The molecule has 0 saturated carbocycles. The van der Waals surface area contributed by atoms with Gasteiger partial charge in [-0.1, -0.05) is 0 Å². The summed E-state index contributed by atoms with van der Waals surface area (Å²) < 4.78 is 0.887. The van der Waals surface area contributed by atoms with Crippen molar-refractivity contribution in [3.05, 3.63) is 0 Å². The van der Waals surface area contributed by atoms with Crippen molar-refractivity contribution in [3.8, 4) is 0 Å². The summed E-state index contributed by atoms with van der Waals surface area (Å²) >= 11 is 2.78. The first-order chi connectivity index (χ1) is 4.13. The zero-order valence-corrected chi connectivity index (χ0v) is 6.31. The number of urea groups is 1. The van der Waals surface area contributed by atoms with Crippen molar-refractivity contribution in [1.29, 1.82) is 0 Å². The van der Waals surface area contributed by atoms with Crippen LogP contribution in [0, 0.1) is 0 Å². The molecule has 1 unspecified atom stereocenters. The van der Waals surface area contributed by atoms with Gasteiger partial charge in [0.05, 0.1) is 16.1 Å². The number of hydrogen-bond acceptors (Lipinski definition) is 2. The second kappa shape index (κ2) is 1.98. The van der Waals surface area contributed by atoms with E-state index < -0.39 is 12.1 Å². The van der Waals surface area contributed by atoms with Crippen LogP contribution in [0.5, 0.6) is 0 Å². The predicted molar refractivity (Wildman–Crippen MR) is 33.8 cm³/mol. The van der Waals surface area contributed by atoms with E-state index in [0.717, 1.165) is 3.93 Å². The third kappa shape index (κ3) is 0.917. The monoisotopic (exact) mass is 192 g/mol. The van der Waals surface area contributed by atoms with Gasteiger partial charge in [-0.05, 0) is 6.92 Å². The molecule has 4 nitrogen and oxygen atoms in total. The molecule has 1 fully saturated rings. The van der Waals surface area contributed by atoms with Crippen molar-refractivity contribution in [2.75, 3.05) is 0 Å². The van der Waals surface area contributed by atoms with Crippen molar-refractivity contribution in [2.24, 2.45) is 0 Å². The van der Waals surface area contributed by atoms with Crippen LogP contribution in [-0.2, 0) is 4.79 Å². The van der Waals surface area contributed by atoms with Gasteiger partial charge >= 0.3 is 6.03 Å². The number of nitrogens with zero attached hydrogens (tertiary/aromatic N) is 1. The molecule has 0 radical (unpaired) electrons. The lowest BCUT2D eigenvalue weighted by Crippen LogP contribution is -2.24. The van der Waals surface area contributed by atoms with E-state index >= 15 is 0 Å². The molecule has 0 aliphatic carbocycles. The molecule has 5 heteroatoms. The van der Waals surface area contributed by atoms with E-state index in [1.54, 1.807) is 6.92 Å². The molecule has 50 valence electrons. The predicted octanol–water partition coefficient (Wildman–Crippen LogP) is 0.237. The Balaban J connectivity index is 2.77. The Morgan fingerprint density at radius 1 is 1.67 bits per heavy atom. The molecular formula is C4H5BrN2O2. The first kappa shape index (κ1) is 6.54. The van der Waals surface area contributed by atoms with Gasteiger partial charge in [-0.25, -0.2) is 4.79 Å². The summed E-state index contributed by atoms with van der Waals surface area (Å²) in [7, 11) is 0. The Kier molecular flexibility index (Phi) is 1.44. The number of carbonyl (C=O) groups excluding carboxylic acids is 2. The second-order valence-corrected chi connectivity index (χ2v) is 2.50. The van der Waals surface area contributed by atoms with Crippen molar-refractivity contribution < 1.29 is 9.59 Å². The van der Waals surface area contributed by atoms with Crippen LogP contribution in [-0.4, -0.2) is 21.9 Å². The first-order valence-electron chi connectivity index (χ1n) is 2.43. The van der Waals surface area contributed by atoms with Gasteiger partial charge in [-0.2, -0.15) is 3.93 Å². The maximum Gasteiger partial charge on any atom is 0.335 e. The number of halogens is 1. The number of nitrogens with one attached hydrogen (secondary N) is 1. The largest absolute Gasteiger partial charge is 0.335 e. The molecule has 0 aromatic carbocycles. The number of amides is 3. The molecule has 1 N–H and O–H groups in total. The number of imide groups is 1. The van der Waals surface area contributed by atoms with Crippen molar-refractivity contribution in [3.63, 3.8) is 0 Å². The Hall–Kier alpha value is -0.580. The molecule has 0 aromatic rings. The van der Waals surface area contributed by atoms with E-state index in [-0.39, 0.29) is 5.91 Å². The van der Waals surface area contributed by atoms with Gasteiger partial charge in [0, 0.05) is 0 Å². The Morgan fingerprint density at radius 3 is 2.33 bits per heavy atom. The maximum absolute atomic E-state index is 10.7. The molecule has 1 saturated heterocycles. The van der Waals surface area contributed by atoms with Gasteiger partial charge in [0.2, 0.25) is 0 Å². The van der Waals surface area contributed by atoms with Crippen LogP contribution >= 0.6 is 16.1 Å². The van der Waals surface area contributed by atoms with Crippen molar-refractivity contribution >= 4 is 28.1 Å². The van der Waals surface area contributed by atoms with E-state index in [4.69, 9.17) is 0 Å². The molecule has 0 aromatic heterocycles. The minimum atomic E-state index is -0.396. The average molecular weight is 193 g/mol. The molecule has 0 bridgehead atoms. The highest BCUT2D eigenvalue weighted by Gasteiger charge is 2.33. The maximum atomic E-state index is 10.7. The van der Waals surface area contributed by atoms with Gasteiger partial charge in [0.1, 0.15) is 6.04 Å². The van der Waals surface area contributed by atoms with E-state index in [2.05, 4.69) is 21.5 Å². The van der Waals surface area contributed by atoms with Crippen LogP contribution < -0.4 is 5.32 Å². The van der Waals surface area contributed by atoms with Crippen LogP contribution in [0.2, 0.25) is 0 Å². The van der Waals surface area contributed by atoms with E-state index in [0.29, 0.717) is 0 Å². The fourth-order valence-electron chi connectivity index (χ4n) is 0.574. The molecule has 9 heavy (non-hydrogen) atoms. The summed E-state index contributed by atoms with van der Waals surface area (Å²) in [6.45, 7) is 1.63. The smallest absolute Gasteiger partial charge is 0.325 e. The van der Waals surface area contributed by atoms with Crippen molar-refractivity contribution in [1.82, 2.24) is 9.24 Å². The van der Waals surface area contributed by atoms with Crippen LogP contribution in [0.3, 0.4) is 0 Å². The van der Waals surface area contributed by atoms with Crippen molar-refractivity contribution in [2.45, 2.75) is 13.0 Å². The van der Waals surface area contributed by atoms with Crippen LogP contribution in [0.4, 0.5) is 4.79 Å². The van der Waals surface area contributed by atoms with Gasteiger partial charge in [-0.15, -0.1) is 0 Å². The third-order valence-corrected chi connectivity index (χ3v) is 1.75. The highest BCUT2D eigenvalue weighted by atomic mass is 79.9. The van der Waals surface area contributed by atoms with E-state index in [1.165, 1.54) is 0 Å². The molecule has 1 rings (SSSR count). The Labute approximate surface area is 60.5 Å². The van der Waals surface area contributed by atoms with Crippen LogP contribution in [0.15, 0.2) is 0 Å². The summed E-state index contributed by atoms with van der Waals surface area (Å²) in [6, 6.07) is -0.788. The lowest BCUT2D eigenvalue weighted by molar-refractivity contribution is -0.123. The highest BCUT2D eigenvalue weighted by Crippen LogP contribution is 2.09. The summed E-state index contributed by atoms with van der Waals surface area (Å²) in [5.41, 5.74) is 0. The fourth-order valence-corrected chi connectivity index (χ4v) is 0.983. The molecule has 1 atom stereocenters. The zero-order chi connectivity index (χ0) is 7.02. The minimum absolute atomic E-state index is 0.250. The highest BCUT2D eigenvalue weighted by molar-refractivity contribution is 9.08. The first-order valence-corrected chi connectivity index (χ1v) is 3.14. The average Bonchev–Trinajstić information content (AvgIpc) is 1.98. The summed E-state index contributed by atoms with van der Waals surface area (Å²) in [5.74, 6) is -0.250. The fraction of sp³-hybridized carbons (Fsp3) is 0.500. The topological polar surface area (TPSA) is 49.4 Å². The van der Waals surface area contributed by atoms with Crippen LogP contribution in [0.1, 0.15) is 6.92 Å². The van der Waals surface area contributed by atoms with Gasteiger partial charge in [0.25, 0.3) is 5.91 Å². The normalized spacial score (nSPS) is 26.9. The minimum Gasteiger partial charge on any atom is -0.325 e. The van der Waals surface area contributed by atoms with E-state index in [1.807, 2.05) is 0 Å².